The van der Waals surface area contributed by atoms with Gasteiger partial charge in [-0.1, -0.05) is 12.1 Å². The standard InChI is InChI=1S/C15H23N3O/c1-10-6-12(3)13(7-11(10)2)9-18-5-4-17-8-14(18)15(16)19/h6-7,14,17H,4-5,8-9H2,1-3H3,(H2,16,19). The number of nitrogens with one attached hydrogen (secondary N) is 1. The average Bonchev–Trinajstić information content (AvgIpc) is 2.36. The predicted octanol–water partition coefficient (Wildman–Crippen LogP) is 0.871. The minimum atomic E-state index is -0.242. The summed E-state index contributed by atoms with van der Waals surface area (Å²) in [6.45, 7) is 9.60. The second-order valence-electron chi connectivity index (χ2n) is 5.46. The molecule has 3 N–H and O–H groups in total. The summed E-state index contributed by atoms with van der Waals surface area (Å²) in [5.74, 6) is -0.242. The summed E-state index contributed by atoms with van der Waals surface area (Å²) < 4.78 is 0. The minimum absolute atomic E-state index is 0.199. The van der Waals surface area contributed by atoms with Gasteiger partial charge in [-0.2, -0.15) is 0 Å². The van der Waals surface area contributed by atoms with Gasteiger partial charge in [-0.3, -0.25) is 9.69 Å². The van der Waals surface area contributed by atoms with E-state index < -0.39 is 0 Å². The van der Waals surface area contributed by atoms with Crippen molar-refractivity contribution in [3.63, 3.8) is 0 Å². The van der Waals surface area contributed by atoms with E-state index >= 15 is 0 Å². The van der Waals surface area contributed by atoms with E-state index in [2.05, 4.69) is 43.1 Å². The van der Waals surface area contributed by atoms with Gasteiger partial charge in [0.1, 0.15) is 6.04 Å². The number of nitrogens with two attached hydrogens (primary N) is 1. The van der Waals surface area contributed by atoms with Crippen LogP contribution in [0, 0.1) is 20.8 Å². The maximum absolute atomic E-state index is 11.5. The van der Waals surface area contributed by atoms with Gasteiger partial charge in [0.05, 0.1) is 0 Å². The maximum Gasteiger partial charge on any atom is 0.236 e. The highest BCUT2D eigenvalue weighted by Gasteiger charge is 2.26. The Morgan fingerprint density at radius 1 is 1.32 bits per heavy atom. The fourth-order valence-corrected chi connectivity index (χ4v) is 2.63. The molecule has 1 saturated heterocycles. The summed E-state index contributed by atoms with van der Waals surface area (Å²) in [7, 11) is 0. The van der Waals surface area contributed by atoms with Gasteiger partial charge in [0.25, 0.3) is 0 Å². The Balaban J connectivity index is 2.19. The molecule has 0 bridgehead atoms. The first-order chi connectivity index (χ1) is 8.99. The van der Waals surface area contributed by atoms with E-state index in [1.54, 1.807) is 0 Å². The summed E-state index contributed by atoms with van der Waals surface area (Å²) in [5, 5.41) is 3.22. The van der Waals surface area contributed by atoms with E-state index in [1.807, 2.05) is 0 Å². The molecule has 0 aromatic heterocycles. The number of benzene rings is 1. The summed E-state index contributed by atoms with van der Waals surface area (Å²) in [5.41, 5.74) is 10.7. The van der Waals surface area contributed by atoms with Crippen molar-refractivity contribution in [3.05, 3.63) is 34.4 Å². The molecule has 4 heteroatoms. The van der Waals surface area contributed by atoms with Crippen molar-refractivity contribution in [1.82, 2.24) is 10.2 Å². The van der Waals surface area contributed by atoms with Crippen molar-refractivity contribution in [2.45, 2.75) is 33.4 Å². The van der Waals surface area contributed by atoms with Crippen molar-refractivity contribution in [2.24, 2.45) is 5.73 Å². The molecule has 1 atom stereocenters. The smallest absolute Gasteiger partial charge is 0.236 e. The molecule has 0 radical (unpaired) electrons. The van der Waals surface area contributed by atoms with Crippen LogP contribution in [0.15, 0.2) is 12.1 Å². The van der Waals surface area contributed by atoms with Crippen LogP contribution in [0.4, 0.5) is 0 Å². The molecule has 1 amide bonds. The molecule has 0 saturated carbocycles. The van der Waals surface area contributed by atoms with Crippen LogP contribution in [-0.2, 0) is 11.3 Å². The van der Waals surface area contributed by atoms with Gasteiger partial charge >= 0.3 is 0 Å². The zero-order chi connectivity index (χ0) is 14.0. The summed E-state index contributed by atoms with van der Waals surface area (Å²) in [6.07, 6.45) is 0. The Bertz CT molecular complexity index is 485. The molecule has 19 heavy (non-hydrogen) atoms. The molecule has 1 aromatic rings. The van der Waals surface area contributed by atoms with Crippen molar-refractivity contribution in [3.8, 4) is 0 Å². The number of carbonyl (C=O) groups excluding carboxylic acids is 1. The predicted molar refractivity (Wildman–Crippen MR) is 76.9 cm³/mol. The number of carbonyl (C=O) groups is 1. The lowest BCUT2D eigenvalue weighted by atomic mass is 9.99. The zero-order valence-corrected chi connectivity index (χ0v) is 12.0. The number of amides is 1. The number of piperazine rings is 1. The lowest BCUT2D eigenvalue weighted by Gasteiger charge is -2.34. The Hall–Kier alpha value is -1.39. The maximum atomic E-state index is 11.5. The van der Waals surface area contributed by atoms with Crippen LogP contribution in [0.2, 0.25) is 0 Å². The third-order valence-electron chi connectivity index (χ3n) is 4.01. The van der Waals surface area contributed by atoms with Gasteiger partial charge in [0.2, 0.25) is 5.91 Å². The second-order valence-corrected chi connectivity index (χ2v) is 5.46. The third-order valence-corrected chi connectivity index (χ3v) is 4.01. The van der Waals surface area contributed by atoms with Gasteiger partial charge in [-0.05, 0) is 43.0 Å². The van der Waals surface area contributed by atoms with Crippen LogP contribution >= 0.6 is 0 Å². The Morgan fingerprint density at radius 2 is 2.00 bits per heavy atom. The molecule has 2 rings (SSSR count). The monoisotopic (exact) mass is 261 g/mol. The quantitative estimate of drug-likeness (QED) is 0.849. The van der Waals surface area contributed by atoms with E-state index in [0.717, 1.165) is 19.6 Å². The number of aryl methyl sites for hydroxylation is 3. The number of hydrogen-bond donors (Lipinski definition) is 2. The van der Waals surface area contributed by atoms with Crippen molar-refractivity contribution >= 4 is 5.91 Å². The highest BCUT2D eigenvalue weighted by atomic mass is 16.1. The molecule has 0 aliphatic carbocycles. The molecule has 1 fully saturated rings. The summed E-state index contributed by atoms with van der Waals surface area (Å²) in [4.78, 5) is 13.7. The third kappa shape index (κ3) is 3.14. The summed E-state index contributed by atoms with van der Waals surface area (Å²) >= 11 is 0. The topological polar surface area (TPSA) is 58.4 Å². The fourth-order valence-electron chi connectivity index (χ4n) is 2.63. The van der Waals surface area contributed by atoms with Gasteiger partial charge in [0.15, 0.2) is 0 Å². The normalized spacial score (nSPS) is 20.5. The highest BCUT2D eigenvalue weighted by Crippen LogP contribution is 2.18. The highest BCUT2D eigenvalue weighted by molar-refractivity contribution is 5.80. The largest absolute Gasteiger partial charge is 0.368 e. The van der Waals surface area contributed by atoms with Gasteiger partial charge in [0, 0.05) is 26.2 Å². The van der Waals surface area contributed by atoms with Gasteiger partial charge in [-0.15, -0.1) is 0 Å². The molecular weight excluding hydrogens is 238 g/mol. The van der Waals surface area contributed by atoms with Crippen LogP contribution in [0.5, 0.6) is 0 Å². The Labute approximate surface area is 115 Å². The summed E-state index contributed by atoms with van der Waals surface area (Å²) in [6, 6.07) is 4.24. The van der Waals surface area contributed by atoms with E-state index in [4.69, 9.17) is 5.73 Å². The van der Waals surface area contributed by atoms with E-state index in [9.17, 15) is 4.79 Å². The lowest BCUT2D eigenvalue weighted by Crippen LogP contribution is -2.56. The second kappa shape index (κ2) is 5.72. The van der Waals surface area contributed by atoms with Crippen LogP contribution in [-0.4, -0.2) is 36.5 Å². The van der Waals surface area contributed by atoms with Crippen LogP contribution in [0.25, 0.3) is 0 Å². The van der Waals surface area contributed by atoms with E-state index in [0.29, 0.717) is 6.54 Å². The zero-order valence-electron chi connectivity index (χ0n) is 12.0. The first kappa shape index (κ1) is 14.0. The van der Waals surface area contributed by atoms with Gasteiger partial charge < -0.3 is 11.1 Å². The molecule has 4 nitrogen and oxygen atoms in total. The van der Waals surface area contributed by atoms with Crippen LogP contribution < -0.4 is 11.1 Å². The average molecular weight is 261 g/mol. The fraction of sp³-hybridized carbons (Fsp3) is 0.533. The molecule has 1 aliphatic heterocycles. The van der Waals surface area contributed by atoms with Gasteiger partial charge in [-0.25, -0.2) is 0 Å². The molecule has 104 valence electrons. The number of primary amides is 1. The molecule has 1 heterocycles. The SMILES string of the molecule is Cc1cc(C)c(CN2CCNCC2C(N)=O)cc1C. The van der Waals surface area contributed by atoms with Crippen molar-refractivity contribution in [1.29, 1.82) is 0 Å². The number of hydrogen-bond acceptors (Lipinski definition) is 3. The first-order valence-corrected chi connectivity index (χ1v) is 6.80. The Kier molecular flexibility index (Phi) is 4.22. The number of rotatable bonds is 3. The van der Waals surface area contributed by atoms with Crippen molar-refractivity contribution < 1.29 is 4.79 Å². The molecular formula is C15H23N3O. The molecule has 1 aliphatic rings. The molecule has 1 unspecified atom stereocenters. The number of nitrogens with zero attached hydrogens (tertiary/aromatic N) is 1. The first-order valence-electron chi connectivity index (χ1n) is 6.80. The van der Waals surface area contributed by atoms with Crippen molar-refractivity contribution in [2.75, 3.05) is 19.6 Å². The Morgan fingerprint density at radius 3 is 2.68 bits per heavy atom. The molecule has 1 aromatic carbocycles. The van der Waals surface area contributed by atoms with Crippen LogP contribution in [0.1, 0.15) is 22.3 Å². The minimum Gasteiger partial charge on any atom is -0.368 e. The lowest BCUT2D eigenvalue weighted by molar-refractivity contribution is -0.124. The van der Waals surface area contributed by atoms with E-state index in [1.165, 1.54) is 22.3 Å². The van der Waals surface area contributed by atoms with Crippen LogP contribution in [0.3, 0.4) is 0 Å². The molecule has 0 spiro atoms. The van der Waals surface area contributed by atoms with E-state index in [-0.39, 0.29) is 11.9 Å².